The normalized spacial score (nSPS) is 10.8. The molecule has 0 aromatic carbocycles. The minimum absolute atomic E-state index is 0.0110. The van der Waals surface area contributed by atoms with E-state index in [1.165, 1.54) is 0 Å². The molecule has 0 aliphatic carbocycles. The van der Waals surface area contributed by atoms with Crippen molar-refractivity contribution < 1.29 is 13.2 Å². The molecule has 1 aromatic rings. The Bertz CT molecular complexity index is 280. The Balaban J connectivity index is 3.28. The lowest BCUT2D eigenvalue weighted by molar-refractivity contribution is 0.149. The summed E-state index contributed by atoms with van der Waals surface area (Å²) in [6.07, 6.45) is -2.68. The minimum Gasteiger partial charge on any atom is -0.212 e. The second-order valence-electron chi connectivity index (χ2n) is 1.93. The molecule has 0 bridgehead atoms. The van der Waals surface area contributed by atoms with Crippen LogP contribution in [0.2, 0.25) is 0 Å². The molecule has 6 heteroatoms. The molecular formula is C6H2Br2F3N. The van der Waals surface area contributed by atoms with E-state index >= 15 is 0 Å². The van der Waals surface area contributed by atoms with E-state index in [0.717, 1.165) is 6.07 Å². The average Bonchev–Trinajstić information content (AvgIpc) is 1.82. The molecule has 1 heterocycles. The van der Waals surface area contributed by atoms with Crippen molar-refractivity contribution in [3.63, 3.8) is 0 Å². The van der Waals surface area contributed by atoms with Crippen LogP contribution in [-0.4, -0.2) is 4.98 Å². The van der Waals surface area contributed by atoms with Gasteiger partial charge in [0.05, 0.1) is 5.56 Å². The third-order valence-corrected chi connectivity index (χ3v) is 2.41. The Kier molecular flexibility index (Phi) is 3.11. The predicted molar refractivity (Wildman–Crippen MR) is 44.6 cm³/mol. The predicted octanol–water partition coefficient (Wildman–Crippen LogP) is 3.68. The lowest BCUT2D eigenvalue weighted by Crippen LogP contribution is -1.94. The van der Waals surface area contributed by atoms with Gasteiger partial charge in [-0.1, -0.05) is 15.9 Å². The van der Waals surface area contributed by atoms with Crippen molar-refractivity contribution >= 4 is 31.9 Å². The highest BCUT2D eigenvalue weighted by Crippen LogP contribution is 2.32. The molecule has 0 amide bonds. The van der Waals surface area contributed by atoms with Crippen LogP contribution >= 0.6 is 31.9 Å². The Morgan fingerprint density at radius 1 is 1.33 bits per heavy atom. The van der Waals surface area contributed by atoms with E-state index in [0.29, 0.717) is 0 Å². The van der Waals surface area contributed by atoms with Crippen LogP contribution in [0, 0.1) is 5.95 Å². The van der Waals surface area contributed by atoms with Gasteiger partial charge >= 0.3 is 0 Å². The van der Waals surface area contributed by atoms with Gasteiger partial charge in [-0.15, -0.1) is 0 Å². The first kappa shape index (κ1) is 9.98. The van der Waals surface area contributed by atoms with Gasteiger partial charge in [0, 0.05) is 10.5 Å². The molecule has 0 atom stereocenters. The summed E-state index contributed by atoms with van der Waals surface area (Å²) < 4.78 is 36.7. The van der Waals surface area contributed by atoms with Crippen molar-refractivity contribution in [2.24, 2.45) is 0 Å². The fraction of sp³-hybridized carbons (Fsp3) is 0.167. The van der Waals surface area contributed by atoms with Gasteiger partial charge in [-0.3, -0.25) is 0 Å². The second kappa shape index (κ2) is 3.74. The van der Waals surface area contributed by atoms with Gasteiger partial charge in [-0.2, -0.15) is 4.39 Å². The van der Waals surface area contributed by atoms with Gasteiger partial charge in [0.25, 0.3) is 6.43 Å². The quantitative estimate of drug-likeness (QED) is 0.721. The van der Waals surface area contributed by atoms with Crippen LogP contribution in [0.4, 0.5) is 13.2 Å². The third-order valence-electron chi connectivity index (χ3n) is 1.15. The monoisotopic (exact) mass is 303 g/mol. The number of hydrogen-bond donors (Lipinski definition) is 0. The molecule has 12 heavy (non-hydrogen) atoms. The summed E-state index contributed by atoms with van der Waals surface area (Å²) in [6.45, 7) is 0. The summed E-state index contributed by atoms with van der Waals surface area (Å²) in [6, 6.07) is 0.895. The topological polar surface area (TPSA) is 12.9 Å². The standard InChI is InChI=1S/C6H2Br2F3N/c7-2-1-3(9)12-5(8)4(2)6(10)11/h1,6H. The van der Waals surface area contributed by atoms with Gasteiger partial charge < -0.3 is 0 Å². The minimum atomic E-state index is -2.68. The van der Waals surface area contributed by atoms with Gasteiger partial charge in [0.15, 0.2) is 0 Å². The van der Waals surface area contributed by atoms with E-state index in [4.69, 9.17) is 0 Å². The largest absolute Gasteiger partial charge is 0.267 e. The van der Waals surface area contributed by atoms with Crippen molar-refractivity contribution in [1.82, 2.24) is 4.98 Å². The fourth-order valence-corrected chi connectivity index (χ4v) is 2.03. The highest BCUT2D eigenvalue weighted by atomic mass is 79.9. The molecular weight excluding hydrogens is 303 g/mol. The van der Waals surface area contributed by atoms with Crippen LogP contribution in [0.15, 0.2) is 15.1 Å². The Hall–Kier alpha value is -0.100. The van der Waals surface area contributed by atoms with Crippen LogP contribution in [0.25, 0.3) is 0 Å². The van der Waals surface area contributed by atoms with Crippen LogP contribution in [0.1, 0.15) is 12.0 Å². The summed E-state index contributed by atoms with van der Waals surface area (Å²) in [4.78, 5) is 3.20. The lowest BCUT2D eigenvalue weighted by Gasteiger charge is -2.04. The number of aromatic nitrogens is 1. The van der Waals surface area contributed by atoms with Gasteiger partial charge in [-0.25, -0.2) is 13.8 Å². The zero-order chi connectivity index (χ0) is 9.30. The number of nitrogens with zero attached hydrogens (tertiary/aromatic N) is 1. The second-order valence-corrected chi connectivity index (χ2v) is 3.54. The molecule has 1 aromatic heterocycles. The number of rotatable bonds is 1. The first-order valence-corrected chi connectivity index (χ1v) is 4.40. The molecule has 0 saturated heterocycles. The maximum Gasteiger partial charge on any atom is 0.267 e. The van der Waals surface area contributed by atoms with Crippen LogP contribution in [0.3, 0.4) is 0 Å². The SMILES string of the molecule is Fc1cc(Br)c(C(F)F)c(Br)n1. The highest BCUT2D eigenvalue weighted by Gasteiger charge is 2.17. The van der Waals surface area contributed by atoms with Crippen molar-refractivity contribution in [1.29, 1.82) is 0 Å². The Morgan fingerprint density at radius 2 is 1.92 bits per heavy atom. The van der Waals surface area contributed by atoms with Crippen LogP contribution in [0.5, 0.6) is 0 Å². The third kappa shape index (κ3) is 1.98. The zero-order valence-corrected chi connectivity index (χ0v) is 8.66. The first-order chi connectivity index (χ1) is 5.52. The van der Waals surface area contributed by atoms with Crippen LogP contribution in [-0.2, 0) is 0 Å². The number of alkyl halides is 2. The van der Waals surface area contributed by atoms with E-state index in [2.05, 4.69) is 36.8 Å². The molecule has 0 fully saturated rings. The molecule has 1 rings (SSSR count). The van der Waals surface area contributed by atoms with Crippen molar-refractivity contribution in [2.75, 3.05) is 0 Å². The van der Waals surface area contributed by atoms with Gasteiger partial charge in [0.1, 0.15) is 4.60 Å². The summed E-state index contributed by atoms with van der Waals surface area (Å²) in [7, 11) is 0. The van der Waals surface area contributed by atoms with Crippen LogP contribution < -0.4 is 0 Å². The highest BCUT2D eigenvalue weighted by molar-refractivity contribution is 9.11. The molecule has 0 spiro atoms. The molecule has 1 nitrogen and oxygen atoms in total. The maximum absolute atomic E-state index is 12.5. The molecule has 0 unspecified atom stereocenters. The Morgan fingerprint density at radius 3 is 2.33 bits per heavy atom. The van der Waals surface area contributed by atoms with Crippen molar-refractivity contribution in [3.05, 3.63) is 26.7 Å². The summed E-state index contributed by atoms with van der Waals surface area (Å²) in [5, 5.41) is 0. The number of halogens is 5. The zero-order valence-electron chi connectivity index (χ0n) is 5.49. The summed E-state index contributed by atoms with van der Waals surface area (Å²) in [5.41, 5.74) is -0.337. The van der Waals surface area contributed by atoms with E-state index in [-0.39, 0.29) is 14.6 Å². The van der Waals surface area contributed by atoms with E-state index in [1.807, 2.05) is 0 Å². The molecule has 66 valence electrons. The first-order valence-electron chi connectivity index (χ1n) is 2.82. The lowest BCUT2D eigenvalue weighted by atomic mass is 10.3. The number of pyridine rings is 1. The maximum atomic E-state index is 12.5. The van der Waals surface area contributed by atoms with E-state index in [9.17, 15) is 13.2 Å². The van der Waals surface area contributed by atoms with Gasteiger partial charge in [-0.05, 0) is 15.9 Å². The van der Waals surface area contributed by atoms with E-state index < -0.39 is 12.4 Å². The van der Waals surface area contributed by atoms with Gasteiger partial charge in [0.2, 0.25) is 5.95 Å². The molecule has 0 radical (unpaired) electrons. The molecule has 0 aliphatic rings. The summed E-state index contributed by atoms with van der Waals surface area (Å²) in [5.74, 6) is -0.807. The van der Waals surface area contributed by atoms with Crippen molar-refractivity contribution in [2.45, 2.75) is 6.43 Å². The smallest absolute Gasteiger partial charge is 0.212 e. The fourth-order valence-electron chi connectivity index (χ4n) is 0.661. The number of hydrogen-bond acceptors (Lipinski definition) is 1. The Labute approximate surface area is 83.2 Å². The summed E-state index contributed by atoms with van der Waals surface area (Å²) >= 11 is 5.55. The van der Waals surface area contributed by atoms with Crippen molar-refractivity contribution in [3.8, 4) is 0 Å². The molecule has 0 aliphatic heterocycles. The molecule has 0 saturated carbocycles. The molecule has 0 N–H and O–H groups in total. The average molecular weight is 305 g/mol. The van der Waals surface area contributed by atoms with E-state index in [1.54, 1.807) is 0 Å².